The summed E-state index contributed by atoms with van der Waals surface area (Å²) in [6.45, 7) is 0.677. The second kappa shape index (κ2) is 7.14. The van der Waals surface area contributed by atoms with Crippen LogP contribution in [0.1, 0.15) is 5.56 Å². The largest absolute Gasteiger partial charge is 0.508 e. The standard InChI is InChI=1S/C21H16FN5OS/c22-13-9-16-17(11-25-18(16)24-10-13)20-26-19(15-6-8-29-21(15)27-20)23-7-5-12-1-3-14(28)4-2-12/h1-4,6,8-11,28H,5,7H2,(H,24,25)(H,23,26,27). The number of aromatic nitrogens is 4. The molecule has 6 nitrogen and oxygen atoms in total. The summed E-state index contributed by atoms with van der Waals surface area (Å²) in [6.07, 6.45) is 3.72. The van der Waals surface area contributed by atoms with Gasteiger partial charge in [-0.05, 0) is 41.6 Å². The molecule has 0 atom stereocenters. The first-order valence-electron chi connectivity index (χ1n) is 9.07. The first-order valence-corrected chi connectivity index (χ1v) is 9.95. The molecule has 0 saturated heterocycles. The lowest BCUT2D eigenvalue weighted by Crippen LogP contribution is -2.07. The van der Waals surface area contributed by atoms with Gasteiger partial charge in [0.25, 0.3) is 0 Å². The number of fused-ring (bicyclic) bond motifs is 2. The maximum atomic E-state index is 13.7. The van der Waals surface area contributed by atoms with Gasteiger partial charge in [-0.1, -0.05) is 12.1 Å². The first-order chi connectivity index (χ1) is 14.2. The summed E-state index contributed by atoms with van der Waals surface area (Å²) in [5, 5.41) is 16.4. The zero-order valence-electron chi connectivity index (χ0n) is 15.2. The predicted octanol–water partition coefficient (Wildman–Crippen LogP) is 4.73. The second-order valence-corrected chi connectivity index (χ2v) is 7.53. The minimum atomic E-state index is -0.400. The van der Waals surface area contributed by atoms with Gasteiger partial charge in [0.05, 0.1) is 11.6 Å². The number of phenolic OH excluding ortho intramolecular Hbond substituents is 1. The average molecular weight is 405 g/mol. The highest BCUT2D eigenvalue weighted by molar-refractivity contribution is 7.16. The fraction of sp³-hybridized carbons (Fsp3) is 0.0952. The van der Waals surface area contributed by atoms with Crippen LogP contribution in [0.25, 0.3) is 32.6 Å². The molecule has 0 aliphatic carbocycles. The summed E-state index contributed by atoms with van der Waals surface area (Å²) in [7, 11) is 0. The van der Waals surface area contributed by atoms with E-state index in [1.165, 1.54) is 23.6 Å². The Hall–Kier alpha value is -3.52. The van der Waals surface area contributed by atoms with Crippen molar-refractivity contribution in [1.82, 2.24) is 19.9 Å². The minimum Gasteiger partial charge on any atom is -0.508 e. The van der Waals surface area contributed by atoms with Crippen molar-refractivity contribution in [3.8, 4) is 17.1 Å². The lowest BCUT2D eigenvalue weighted by atomic mass is 10.1. The van der Waals surface area contributed by atoms with Crippen molar-refractivity contribution in [3.05, 3.63) is 65.6 Å². The van der Waals surface area contributed by atoms with Crippen LogP contribution in [-0.2, 0) is 6.42 Å². The number of hydrogen-bond donors (Lipinski definition) is 3. The van der Waals surface area contributed by atoms with Crippen molar-refractivity contribution in [2.45, 2.75) is 6.42 Å². The molecule has 0 aliphatic rings. The molecule has 8 heteroatoms. The number of aromatic amines is 1. The molecule has 4 aromatic heterocycles. The van der Waals surface area contributed by atoms with E-state index in [-0.39, 0.29) is 5.75 Å². The van der Waals surface area contributed by atoms with Crippen LogP contribution in [0.5, 0.6) is 5.75 Å². The van der Waals surface area contributed by atoms with Gasteiger partial charge in [-0.25, -0.2) is 19.3 Å². The van der Waals surface area contributed by atoms with Gasteiger partial charge in [0.1, 0.15) is 27.9 Å². The molecule has 3 N–H and O–H groups in total. The van der Waals surface area contributed by atoms with Crippen LogP contribution < -0.4 is 5.32 Å². The van der Waals surface area contributed by atoms with Crippen molar-refractivity contribution in [1.29, 1.82) is 0 Å². The van der Waals surface area contributed by atoms with Crippen molar-refractivity contribution in [2.75, 3.05) is 11.9 Å². The molecule has 5 aromatic rings. The number of benzene rings is 1. The van der Waals surface area contributed by atoms with Crippen LogP contribution in [-0.4, -0.2) is 31.6 Å². The molecule has 0 bridgehead atoms. The minimum absolute atomic E-state index is 0.256. The Morgan fingerprint density at radius 3 is 2.83 bits per heavy atom. The Bertz CT molecular complexity index is 1310. The fourth-order valence-corrected chi connectivity index (χ4v) is 4.03. The van der Waals surface area contributed by atoms with E-state index in [4.69, 9.17) is 4.98 Å². The van der Waals surface area contributed by atoms with Gasteiger partial charge in [0.2, 0.25) is 0 Å². The summed E-state index contributed by atoms with van der Waals surface area (Å²) in [4.78, 5) is 17.4. The third-order valence-electron chi connectivity index (χ3n) is 4.71. The highest BCUT2D eigenvalue weighted by Gasteiger charge is 2.15. The van der Waals surface area contributed by atoms with Crippen LogP contribution in [0.15, 0.2) is 54.2 Å². The average Bonchev–Trinajstić information content (AvgIpc) is 3.36. The number of hydrogen-bond acceptors (Lipinski definition) is 6. The molecule has 0 amide bonds. The van der Waals surface area contributed by atoms with E-state index in [2.05, 4.69) is 20.3 Å². The Labute approximate surface area is 169 Å². The van der Waals surface area contributed by atoms with Gasteiger partial charge in [0.15, 0.2) is 5.82 Å². The molecule has 0 radical (unpaired) electrons. The molecule has 0 spiro atoms. The monoisotopic (exact) mass is 405 g/mol. The van der Waals surface area contributed by atoms with Gasteiger partial charge in [0, 0.05) is 23.7 Å². The molecule has 1 aromatic carbocycles. The number of pyridine rings is 1. The number of phenols is 1. The zero-order valence-corrected chi connectivity index (χ0v) is 16.0. The van der Waals surface area contributed by atoms with Crippen molar-refractivity contribution in [2.24, 2.45) is 0 Å². The maximum Gasteiger partial charge on any atom is 0.165 e. The molecular formula is C21H16FN5OS. The normalized spacial score (nSPS) is 11.3. The molecule has 0 fully saturated rings. The molecular weight excluding hydrogens is 389 g/mol. The number of halogens is 1. The molecule has 4 heterocycles. The smallest absolute Gasteiger partial charge is 0.165 e. The van der Waals surface area contributed by atoms with E-state index in [0.717, 1.165) is 28.0 Å². The van der Waals surface area contributed by atoms with Gasteiger partial charge in [-0.15, -0.1) is 11.3 Å². The highest BCUT2D eigenvalue weighted by Crippen LogP contribution is 2.31. The van der Waals surface area contributed by atoms with Crippen LogP contribution in [0.4, 0.5) is 10.2 Å². The number of nitrogens with one attached hydrogen (secondary N) is 2. The summed E-state index contributed by atoms with van der Waals surface area (Å²) >= 11 is 1.53. The van der Waals surface area contributed by atoms with E-state index in [0.29, 0.717) is 29.0 Å². The summed E-state index contributed by atoms with van der Waals surface area (Å²) in [5.74, 6) is 1.11. The zero-order chi connectivity index (χ0) is 19.8. The van der Waals surface area contributed by atoms with Crippen molar-refractivity contribution >= 4 is 38.4 Å². The predicted molar refractivity (Wildman–Crippen MR) is 113 cm³/mol. The quantitative estimate of drug-likeness (QED) is 0.393. The van der Waals surface area contributed by atoms with E-state index in [9.17, 15) is 9.50 Å². The number of aromatic hydroxyl groups is 1. The van der Waals surface area contributed by atoms with E-state index >= 15 is 0 Å². The number of rotatable bonds is 5. The van der Waals surface area contributed by atoms with Crippen LogP contribution in [0, 0.1) is 5.82 Å². The van der Waals surface area contributed by atoms with Crippen LogP contribution in [0.2, 0.25) is 0 Å². The third kappa shape index (κ3) is 3.38. The van der Waals surface area contributed by atoms with Gasteiger partial charge in [-0.2, -0.15) is 0 Å². The summed E-state index contributed by atoms with van der Waals surface area (Å²) in [6, 6.07) is 10.6. The third-order valence-corrected chi connectivity index (χ3v) is 5.51. The second-order valence-electron chi connectivity index (χ2n) is 6.63. The van der Waals surface area contributed by atoms with Gasteiger partial charge in [-0.3, -0.25) is 0 Å². The van der Waals surface area contributed by atoms with E-state index in [1.54, 1.807) is 18.3 Å². The number of H-pyrrole nitrogens is 1. The summed E-state index contributed by atoms with van der Waals surface area (Å²) in [5.41, 5.74) is 2.42. The number of nitrogens with zero attached hydrogens (tertiary/aromatic N) is 3. The topological polar surface area (TPSA) is 86.7 Å². The molecule has 29 heavy (non-hydrogen) atoms. The van der Waals surface area contributed by atoms with E-state index < -0.39 is 5.82 Å². The Balaban J connectivity index is 1.48. The lowest BCUT2D eigenvalue weighted by Gasteiger charge is -2.09. The number of thiophene rings is 1. The maximum absolute atomic E-state index is 13.7. The van der Waals surface area contributed by atoms with Gasteiger partial charge >= 0.3 is 0 Å². The Morgan fingerprint density at radius 1 is 1.10 bits per heavy atom. The molecule has 0 unspecified atom stereocenters. The van der Waals surface area contributed by atoms with Crippen LogP contribution in [0.3, 0.4) is 0 Å². The first kappa shape index (κ1) is 17.6. The number of anilines is 1. The Morgan fingerprint density at radius 2 is 1.97 bits per heavy atom. The van der Waals surface area contributed by atoms with Crippen molar-refractivity contribution < 1.29 is 9.50 Å². The summed E-state index contributed by atoms with van der Waals surface area (Å²) < 4.78 is 13.7. The molecule has 5 rings (SSSR count). The lowest BCUT2D eigenvalue weighted by molar-refractivity contribution is 0.475. The van der Waals surface area contributed by atoms with Crippen LogP contribution >= 0.6 is 11.3 Å². The fourth-order valence-electron chi connectivity index (χ4n) is 3.26. The molecule has 0 aliphatic heterocycles. The Kier molecular flexibility index (Phi) is 4.33. The molecule has 144 valence electrons. The molecule has 0 saturated carbocycles. The van der Waals surface area contributed by atoms with Gasteiger partial charge < -0.3 is 15.4 Å². The van der Waals surface area contributed by atoms with Crippen molar-refractivity contribution in [3.63, 3.8) is 0 Å². The highest BCUT2D eigenvalue weighted by atomic mass is 32.1. The van der Waals surface area contributed by atoms with E-state index in [1.807, 2.05) is 23.6 Å². The SMILES string of the molecule is Oc1ccc(CCNc2nc(-c3c[nH]c4ncc(F)cc34)nc3sccc23)cc1.